The lowest BCUT2D eigenvalue weighted by atomic mass is 9.77. The quantitative estimate of drug-likeness (QED) is 0.880. The van der Waals surface area contributed by atoms with Crippen molar-refractivity contribution < 1.29 is 9.90 Å². The second kappa shape index (κ2) is 6.08. The van der Waals surface area contributed by atoms with Crippen LogP contribution in [0.25, 0.3) is 0 Å². The fraction of sp³-hybridized carbons (Fsp3) is 0.611. The van der Waals surface area contributed by atoms with Crippen LogP contribution in [0.5, 0.6) is 0 Å². The monoisotopic (exact) mass is 289 g/mol. The van der Waals surface area contributed by atoms with Gasteiger partial charge in [0.2, 0.25) is 0 Å². The Morgan fingerprint density at radius 3 is 2.57 bits per heavy atom. The Morgan fingerprint density at radius 1 is 1.24 bits per heavy atom. The predicted molar refractivity (Wildman–Crippen MR) is 87.1 cm³/mol. The maximum atomic E-state index is 11.5. The van der Waals surface area contributed by atoms with Gasteiger partial charge in [0, 0.05) is 13.1 Å². The average molecular weight is 289 g/mol. The van der Waals surface area contributed by atoms with Gasteiger partial charge in [0.1, 0.15) is 0 Å². The van der Waals surface area contributed by atoms with Crippen LogP contribution < -0.4 is 4.90 Å². The van der Waals surface area contributed by atoms with Crippen molar-refractivity contribution in [1.82, 2.24) is 0 Å². The van der Waals surface area contributed by atoms with Crippen molar-refractivity contribution in [2.24, 2.45) is 11.3 Å². The Bertz CT molecular complexity index is 516. The van der Waals surface area contributed by atoms with E-state index < -0.39 is 5.97 Å². The Labute approximate surface area is 128 Å². The Hall–Kier alpha value is -1.51. The number of aryl methyl sites for hydroxylation is 1. The fourth-order valence-corrected chi connectivity index (χ4v) is 3.29. The van der Waals surface area contributed by atoms with Gasteiger partial charge in [0.15, 0.2) is 0 Å². The third-order valence-electron chi connectivity index (χ3n) is 4.68. The van der Waals surface area contributed by atoms with Gasteiger partial charge >= 0.3 is 5.97 Å². The number of nitrogens with zero attached hydrogens (tertiary/aromatic N) is 1. The van der Waals surface area contributed by atoms with Crippen molar-refractivity contribution in [1.29, 1.82) is 0 Å². The van der Waals surface area contributed by atoms with E-state index in [0.29, 0.717) is 16.9 Å². The van der Waals surface area contributed by atoms with E-state index >= 15 is 0 Å². The van der Waals surface area contributed by atoms with Crippen LogP contribution in [-0.2, 0) is 0 Å². The lowest BCUT2D eigenvalue weighted by Crippen LogP contribution is -2.27. The summed E-state index contributed by atoms with van der Waals surface area (Å²) in [5.74, 6) is -0.123. The van der Waals surface area contributed by atoms with E-state index in [2.05, 4.69) is 25.7 Å². The lowest BCUT2D eigenvalue weighted by Gasteiger charge is -2.30. The normalized spacial score (nSPS) is 20.2. The molecular weight excluding hydrogens is 262 g/mol. The van der Waals surface area contributed by atoms with Crippen LogP contribution in [0.2, 0.25) is 0 Å². The molecule has 116 valence electrons. The summed E-state index contributed by atoms with van der Waals surface area (Å²) in [5.41, 5.74) is 2.76. The largest absolute Gasteiger partial charge is 0.478 e. The number of aromatic carboxylic acids is 1. The number of benzene rings is 1. The van der Waals surface area contributed by atoms with Crippen LogP contribution in [0, 0.1) is 18.3 Å². The first-order chi connectivity index (χ1) is 9.79. The number of anilines is 1. The van der Waals surface area contributed by atoms with Crippen molar-refractivity contribution in [3.63, 3.8) is 0 Å². The molecule has 0 aliphatic carbocycles. The first-order valence-electron chi connectivity index (χ1n) is 7.88. The molecule has 1 aromatic rings. The number of carboxylic acid groups (broad SMARTS) is 1. The van der Waals surface area contributed by atoms with Crippen LogP contribution in [0.4, 0.5) is 5.69 Å². The highest BCUT2D eigenvalue weighted by atomic mass is 16.4. The van der Waals surface area contributed by atoms with E-state index in [4.69, 9.17) is 0 Å². The van der Waals surface area contributed by atoms with Gasteiger partial charge in [0.05, 0.1) is 11.3 Å². The molecular formula is C18H27NO2. The Morgan fingerprint density at radius 2 is 1.95 bits per heavy atom. The minimum absolute atomic E-state index is 0.332. The van der Waals surface area contributed by atoms with Crippen LogP contribution in [0.3, 0.4) is 0 Å². The molecule has 0 amide bonds. The van der Waals surface area contributed by atoms with Gasteiger partial charge < -0.3 is 10.0 Å². The number of carboxylic acids is 1. The van der Waals surface area contributed by atoms with Gasteiger partial charge in [-0.05, 0) is 55.2 Å². The van der Waals surface area contributed by atoms with Gasteiger partial charge in [-0.2, -0.15) is 0 Å². The molecule has 0 spiro atoms. The first kappa shape index (κ1) is 15.9. The summed E-state index contributed by atoms with van der Waals surface area (Å²) < 4.78 is 0. The second-order valence-electron chi connectivity index (χ2n) is 7.31. The summed E-state index contributed by atoms with van der Waals surface area (Å²) >= 11 is 0. The Balaban J connectivity index is 2.23. The molecule has 0 radical (unpaired) electrons. The second-order valence-corrected chi connectivity index (χ2v) is 7.31. The van der Waals surface area contributed by atoms with E-state index in [1.165, 1.54) is 6.42 Å². The number of carbonyl (C=O) groups is 1. The van der Waals surface area contributed by atoms with Crippen molar-refractivity contribution in [2.75, 3.05) is 18.0 Å². The SMILES string of the molecule is Cc1ccc(C(=O)O)c(N2CCCC(C(C)(C)C)CC2)c1. The summed E-state index contributed by atoms with van der Waals surface area (Å²) in [7, 11) is 0. The summed E-state index contributed by atoms with van der Waals surface area (Å²) in [6, 6.07) is 5.63. The standard InChI is InChI=1S/C18H27NO2/c1-13-7-8-15(17(20)21)16(12-13)19-10-5-6-14(9-11-19)18(2,3)4/h7-8,12,14H,5-6,9-11H2,1-4H3,(H,20,21). The summed E-state index contributed by atoms with van der Waals surface area (Å²) in [5, 5.41) is 9.41. The summed E-state index contributed by atoms with van der Waals surface area (Å²) in [6.07, 6.45) is 3.50. The van der Waals surface area contributed by atoms with E-state index in [1.54, 1.807) is 6.07 Å². The summed E-state index contributed by atoms with van der Waals surface area (Å²) in [6.45, 7) is 10.8. The fourth-order valence-electron chi connectivity index (χ4n) is 3.29. The van der Waals surface area contributed by atoms with Gasteiger partial charge in [-0.25, -0.2) is 4.79 Å². The zero-order valence-corrected chi connectivity index (χ0v) is 13.6. The lowest BCUT2D eigenvalue weighted by molar-refractivity contribution is 0.0697. The zero-order chi connectivity index (χ0) is 15.6. The molecule has 0 bridgehead atoms. The molecule has 1 aliphatic heterocycles. The van der Waals surface area contributed by atoms with E-state index in [0.717, 1.165) is 37.2 Å². The van der Waals surface area contributed by atoms with Crippen LogP contribution in [0.1, 0.15) is 56.0 Å². The Kier molecular flexibility index (Phi) is 4.60. The summed E-state index contributed by atoms with van der Waals surface area (Å²) in [4.78, 5) is 13.7. The molecule has 1 fully saturated rings. The molecule has 2 rings (SSSR count). The molecule has 1 unspecified atom stereocenters. The van der Waals surface area contributed by atoms with E-state index in [9.17, 15) is 9.90 Å². The van der Waals surface area contributed by atoms with Gasteiger partial charge in [0.25, 0.3) is 0 Å². The molecule has 21 heavy (non-hydrogen) atoms. The van der Waals surface area contributed by atoms with Crippen LogP contribution >= 0.6 is 0 Å². The first-order valence-corrected chi connectivity index (χ1v) is 7.88. The van der Waals surface area contributed by atoms with E-state index in [1.807, 2.05) is 19.1 Å². The topological polar surface area (TPSA) is 40.5 Å². The molecule has 3 nitrogen and oxygen atoms in total. The van der Waals surface area contributed by atoms with Crippen molar-refractivity contribution in [3.8, 4) is 0 Å². The third kappa shape index (κ3) is 3.78. The van der Waals surface area contributed by atoms with Gasteiger partial charge in [-0.3, -0.25) is 0 Å². The third-order valence-corrected chi connectivity index (χ3v) is 4.68. The highest BCUT2D eigenvalue weighted by molar-refractivity contribution is 5.94. The smallest absolute Gasteiger partial charge is 0.337 e. The average Bonchev–Trinajstić information content (AvgIpc) is 2.63. The van der Waals surface area contributed by atoms with Crippen molar-refractivity contribution in [3.05, 3.63) is 29.3 Å². The molecule has 1 N–H and O–H groups in total. The highest BCUT2D eigenvalue weighted by Gasteiger charge is 2.28. The van der Waals surface area contributed by atoms with Crippen molar-refractivity contribution in [2.45, 2.75) is 47.0 Å². The molecule has 3 heteroatoms. The maximum Gasteiger partial charge on any atom is 0.337 e. The zero-order valence-electron chi connectivity index (χ0n) is 13.6. The maximum absolute atomic E-state index is 11.5. The van der Waals surface area contributed by atoms with Crippen LogP contribution in [-0.4, -0.2) is 24.2 Å². The minimum atomic E-state index is -0.832. The van der Waals surface area contributed by atoms with Gasteiger partial charge in [-0.1, -0.05) is 26.8 Å². The number of hydrogen-bond acceptors (Lipinski definition) is 2. The molecule has 0 aromatic heterocycles. The molecule has 1 atom stereocenters. The van der Waals surface area contributed by atoms with Gasteiger partial charge in [-0.15, -0.1) is 0 Å². The van der Waals surface area contributed by atoms with Crippen LogP contribution in [0.15, 0.2) is 18.2 Å². The molecule has 1 saturated heterocycles. The highest BCUT2D eigenvalue weighted by Crippen LogP contribution is 2.35. The molecule has 0 saturated carbocycles. The number of hydrogen-bond donors (Lipinski definition) is 1. The van der Waals surface area contributed by atoms with Crippen molar-refractivity contribution >= 4 is 11.7 Å². The molecule has 1 aliphatic rings. The predicted octanol–water partition coefficient (Wildman–Crippen LogP) is 4.35. The number of rotatable bonds is 2. The minimum Gasteiger partial charge on any atom is -0.478 e. The van der Waals surface area contributed by atoms with E-state index in [-0.39, 0.29) is 0 Å². The molecule has 1 aromatic carbocycles. The molecule has 1 heterocycles.